The summed E-state index contributed by atoms with van der Waals surface area (Å²) in [5, 5.41) is 12.7. The summed E-state index contributed by atoms with van der Waals surface area (Å²) in [7, 11) is 5.87. The number of esters is 4. The van der Waals surface area contributed by atoms with E-state index in [4.69, 9.17) is 33.7 Å². The third-order valence-electron chi connectivity index (χ3n) is 9.76. The molecule has 4 aromatic carbocycles. The van der Waals surface area contributed by atoms with Crippen molar-refractivity contribution in [1.29, 1.82) is 0 Å². The van der Waals surface area contributed by atoms with Gasteiger partial charge in [0.2, 0.25) is 0 Å². The smallest absolute Gasteiger partial charge is 1.00 e. The first-order chi connectivity index (χ1) is 33.3. The summed E-state index contributed by atoms with van der Waals surface area (Å²) in [6.45, 7) is 7.81. The number of rotatable bonds is 26. The van der Waals surface area contributed by atoms with Crippen molar-refractivity contribution in [3.8, 4) is 11.5 Å². The molecule has 382 valence electrons. The fraction of sp³-hybridized carbons (Fsp3) is 0.431. The largest absolute Gasteiger partial charge is 1.00 e. The van der Waals surface area contributed by atoms with E-state index in [1.165, 1.54) is 38.5 Å². The molecule has 0 spiro atoms. The third-order valence-corrected chi connectivity index (χ3v) is 10.3. The average Bonchev–Trinajstić information content (AvgIpc) is 3.36. The predicted molar refractivity (Wildman–Crippen MR) is 259 cm³/mol. The molecule has 4 rings (SSSR count). The first-order valence-corrected chi connectivity index (χ1v) is 23.5. The molecule has 0 aliphatic heterocycles. The molecule has 71 heavy (non-hydrogen) atoms. The summed E-state index contributed by atoms with van der Waals surface area (Å²) in [5.41, 5.74) is 4.78. The Kier molecular flexibility index (Phi) is 44.4. The molecule has 0 amide bonds. The predicted octanol–water partition coefficient (Wildman–Crippen LogP) is 2.02. The van der Waals surface area contributed by atoms with E-state index in [0.717, 1.165) is 59.8 Å². The number of ether oxygens (including phenoxy) is 6. The van der Waals surface area contributed by atoms with Crippen LogP contribution < -0.4 is 123 Å². The summed E-state index contributed by atoms with van der Waals surface area (Å²) in [5.74, 6) is -0.176. The Morgan fingerprint density at radius 1 is 0.662 bits per heavy atom. The number of benzene rings is 4. The maximum absolute atomic E-state index is 13.7. The maximum Gasteiger partial charge on any atom is 1.00 e. The van der Waals surface area contributed by atoms with Crippen LogP contribution in [0.25, 0.3) is 0 Å². The van der Waals surface area contributed by atoms with E-state index in [1.54, 1.807) is 57.5 Å². The van der Waals surface area contributed by atoms with Gasteiger partial charge in [-0.2, -0.15) is 0 Å². The van der Waals surface area contributed by atoms with Gasteiger partial charge in [0, 0.05) is 37.8 Å². The van der Waals surface area contributed by atoms with Gasteiger partial charge in [-0.3, -0.25) is 19.3 Å². The van der Waals surface area contributed by atoms with E-state index < -0.39 is 0 Å². The molecule has 0 fully saturated rings. The maximum atomic E-state index is 13.7. The van der Waals surface area contributed by atoms with Crippen molar-refractivity contribution < 1.29 is 176 Å². The van der Waals surface area contributed by atoms with Gasteiger partial charge in [0.15, 0.2) is 0 Å². The van der Waals surface area contributed by atoms with E-state index in [-0.39, 0.29) is 146 Å². The monoisotopic (exact) mass is 1110 g/mol. The Balaban J connectivity index is -0.00000104. The molecule has 0 aliphatic carbocycles. The second-order valence-electron chi connectivity index (χ2n) is 14.6. The molecule has 1 N–H and O–H groups in total. The molecule has 0 saturated heterocycles. The molecule has 0 heterocycles. The van der Waals surface area contributed by atoms with Crippen LogP contribution in [0.3, 0.4) is 0 Å². The topological polar surface area (TPSA) is 188 Å². The molecule has 0 aromatic heterocycles. The number of hydrogen-bond donors (Lipinski definition) is 1. The quantitative estimate of drug-likeness (QED) is 0.0141. The SMILES string of the molecule is CCOC(=O)CCCCBr.CCOC(=O)CCCCN(CCc1cc(F)ccc1OC)Cc1ccc(C(=O)OC)cc1.COC(=O)c1ccc(CNCCc2cc(F)ccc2OC)cc1.O=CO[O-].[H-].[K+].[K+]. The van der Waals surface area contributed by atoms with Crippen molar-refractivity contribution in [2.75, 3.05) is 66.6 Å². The molecule has 4 aromatic rings. The second kappa shape index (κ2) is 44.8. The van der Waals surface area contributed by atoms with Gasteiger partial charge in [0.05, 0.1) is 52.8 Å². The van der Waals surface area contributed by atoms with Crippen LogP contribution in [0.4, 0.5) is 8.78 Å². The second-order valence-corrected chi connectivity index (χ2v) is 15.4. The first-order valence-electron chi connectivity index (χ1n) is 22.3. The van der Waals surface area contributed by atoms with E-state index in [9.17, 15) is 28.0 Å². The number of halogens is 3. The minimum absolute atomic E-state index is 0. The molecule has 0 atom stereocenters. The Morgan fingerprint density at radius 2 is 1.11 bits per heavy atom. The molecule has 0 radical (unpaired) electrons. The van der Waals surface area contributed by atoms with Crippen LogP contribution in [0.15, 0.2) is 84.9 Å². The molecular weight excluding hydrogens is 1040 g/mol. The van der Waals surface area contributed by atoms with Crippen LogP contribution in [0.5, 0.6) is 11.5 Å². The fourth-order valence-corrected chi connectivity index (χ4v) is 6.72. The molecule has 20 heteroatoms. The number of unbranched alkanes of at least 4 members (excludes halogenated alkanes) is 2. The van der Waals surface area contributed by atoms with Crippen molar-refractivity contribution in [3.63, 3.8) is 0 Å². The molecule has 0 bridgehead atoms. The number of nitrogens with zero attached hydrogens (tertiary/aromatic N) is 1. The van der Waals surface area contributed by atoms with E-state index in [0.29, 0.717) is 87.7 Å². The minimum Gasteiger partial charge on any atom is -1.00 e. The average molecular weight is 1110 g/mol. The van der Waals surface area contributed by atoms with Crippen LogP contribution >= 0.6 is 15.9 Å². The van der Waals surface area contributed by atoms with Crippen molar-refractivity contribution >= 4 is 46.3 Å². The molecular formula is C51H67BrF2K2N2O13. The van der Waals surface area contributed by atoms with Crippen LogP contribution in [0.1, 0.15) is 96.8 Å². The number of alkyl halides is 1. The van der Waals surface area contributed by atoms with Crippen molar-refractivity contribution in [2.45, 2.75) is 78.3 Å². The summed E-state index contributed by atoms with van der Waals surface area (Å²) in [6, 6.07) is 23.6. The van der Waals surface area contributed by atoms with Crippen LogP contribution in [-0.4, -0.2) is 102 Å². The minimum atomic E-state index is -0.370. The number of carbonyl (C=O) groups is 5. The summed E-state index contributed by atoms with van der Waals surface area (Å²) < 4.78 is 56.7. The van der Waals surface area contributed by atoms with Gasteiger partial charge < -0.3 is 45.3 Å². The van der Waals surface area contributed by atoms with Crippen molar-refractivity contribution in [2.24, 2.45) is 0 Å². The molecule has 15 nitrogen and oxygen atoms in total. The normalized spacial score (nSPS) is 9.85. The van der Waals surface area contributed by atoms with Crippen LogP contribution in [0, 0.1) is 11.6 Å². The van der Waals surface area contributed by atoms with E-state index >= 15 is 0 Å². The van der Waals surface area contributed by atoms with Gasteiger partial charge in [-0.25, -0.2) is 18.4 Å². The number of nitrogens with one attached hydrogen (secondary N) is 1. The standard InChI is InChI=1S/C25H32FNO5.C18H20FNO3.C7H13BrO2.CH2O3.2K.H/c1-4-32-24(28)7-5-6-15-27(16-14-21-17-22(26)12-13-23(21)30-2)18-19-8-10-20(11-9-19)25(29)31-3;1-22-17-8-7-16(19)11-15(17)9-10-20-12-13-3-5-14(6-4-13)18(21)23-2;1-2-10-7(9)5-3-4-6-8;2-1-4-3;;;/h8-13,17H,4-7,14-16,18H2,1-3H3;3-8,11,20H,9-10,12H2,1-2H3;2-6H2,1H3;1,3H;;;/q;;;;2*+1;-1/p-1. The zero-order valence-electron chi connectivity index (χ0n) is 43.4. The van der Waals surface area contributed by atoms with Crippen LogP contribution in [-0.2, 0) is 64.1 Å². The van der Waals surface area contributed by atoms with E-state index in [2.05, 4.69) is 35.8 Å². The number of carbonyl (C=O) groups excluding carboxylic acids is 5. The van der Waals surface area contributed by atoms with E-state index in [1.807, 2.05) is 31.2 Å². The Hall–Kier alpha value is -2.68. The van der Waals surface area contributed by atoms with Gasteiger partial charge >= 0.3 is 127 Å². The summed E-state index contributed by atoms with van der Waals surface area (Å²) in [4.78, 5) is 58.8. The fourth-order valence-electron chi connectivity index (χ4n) is 6.32. The van der Waals surface area contributed by atoms with Crippen LogP contribution in [0.2, 0.25) is 0 Å². The van der Waals surface area contributed by atoms with Gasteiger partial charge in [-0.1, -0.05) is 40.2 Å². The zero-order valence-corrected chi connectivity index (χ0v) is 50.2. The Labute approximate surface area is 512 Å². The van der Waals surface area contributed by atoms with Gasteiger partial charge in [0.25, 0.3) is 6.47 Å². The Morgan fingerprint density at radius 3 is 1.54 bits per heavy atom. The first kappa shape index (κ1) is 70.4. The van der Waals surface area contributed by atoms with Gasteiger partial charge in [0.1, 0.15) is 23.1 Å². The molecule has 0 aliphatic rings. The van der Waals surface area contributed by atoms with Crippen molar-refractivity contribution in [3.05, 3.63) is 130 Å². The molecule has 0 unspecified atom stereocenters. The summed E-state index contributed by atoms with van der Waals surface area (Å²) in [6.07, 6.45) is 5.77. The van der Waals surface area contributed by atoms with Crippen molar-refractivity contribution in [1.82, 2.24) is 10.2 Å². The zero-order chi connectivity index (χ0) is 51.2. The third kappa shape index (κ3) is 32.3. The van der Waals surface area contributed by atoms with Gasteiger partial charge in [-0.05, 0) is 148 Å². The number of methoxy groups -OCH3 is 4. The molecule has 0 saturated carbocycles. The Bertz CT molecular complexity index is 2100. The number of hydrogen-bond acceptors (Lipinski definition) is 15. The summed E-state index contributed by atoms with van der Waals surface area (Å²) >= 11 is 3.29. The van der Waals surface area contributed by atoms with Gasteiger partial charge in [-0.15, -0.1) is 0 Å².